The van der Waals surface area contributed by atoms with Crippen molar-refractivity contribution >= 4 is 0 Å². The number of hydrazine groups is 1. The van der Waals surface area contributed by atoms with Crippen molar-refractivity contribution in [2.75, 3.05) is 13.2 Å². The third-order valence-electron chi connectivity index (χ3n) is 3.51. The maximum Gasteiger partial charge on any atom is 0.0631 e. The van der Waals surface area contributed by atoms with Gasteiger partial charge in [-0.25, -0.2) is 0 Å². The standard InChI is InChI=1S/C12H22N4O/c1-9-7-12(16(2)15-9)11(14-13)8-10-3-5-17-6-4-10/h7,10-11,14H,3-6,8,13H2,1-2H3. The van der Waals surface area contributed by atoms with Crippen molar-refractivity contribution in [2.24, 2.45) is 18.8 Å². The fourth-order valence-corrected chi connectivity index (χ4v) is 2.55. The van der Waals surface area contributed by atoms with E-state index in [1.807, 2.05) is 18.7 Å². The Morgan fingerprint density at radius 1 is 1.59 bits per heavy atom. The summed E-state index contributed by atoms with van der Waals surface area (Å²) in [5.74, 6) is 6.37. The zero-order chi connectivity index (χ0) is 12.3. The van der Waals surface area contributed by atoms with Gasteiger partial charge in [0.1, 0.15) is 0 Å². The first-order chi connectivity index (χ1) is 8.20. The highest BCUT2D eigenvalue weighted by Crippen LogP contribution is 2.27. The summed E-state index contributed by atoms with van der Waals surface area (Å²) in [7, 11) is 1.97. The van der Waals surface area contributed by atoms with Gasteiger partial charge in [-0.15, -0.1) is 0 Å². The molecular weight excluding hydrogens is 216 g/mol. The van der Waals surface area contributed by atoms with E-state index in [0.29, 0.717) is 5.92 Å². The second-order valence-corrected chi connectivity index (χ2v) is 4.84. The minimum absolute atomic E-state index is 0.185. The summed E-state index contributed by atoms with van der Waals surface area (Å²) < 4.78 is 7.30. The fourth-order valence-electron chi connectivity index (χ4n) is 2.55. The average molecular weight is 238 g/mol. The molecule has 1 fully saturated rings. The molecule has 5 heteroatoms. The van der Waals surface area contributed by atoms with E-state index in [1.165, 1.54) is 0 Å². The molecule has 96 valence electrons. The van der Waals surface area contributed by atoms with E-state index >= 15 is 0 Å². The van der Waals surface area contributed by atoms with Crippen LogP contribution in [0.2, 0.25) is 0 Å². The Kier molecular flexibility index (Phi) is 4.15. The van der Waals surface area contributed by atoms with Crippen molar-refractivity contribution < 1.29 is 4.74 Å². The molecule has 2 rings (SSSR count). The van der Waals surface area contributed by atoms with Crippen LogP contribution in [-0.2, 0) is 11.8 Å². The van der Waals surface area contributed by atoms with E-state index in [1.54, 1.807) is 0 Å². The summed E-state index contributed by atoms with van der Waals surface area (Å²) in [6.45, 7) is 3.77. The lowest BCUT2D eigenvalue weighted by Gasteiger charge is -2.26. The third kappa shape index (κ3) is 3.06. The van der Waals surface area contributed by atoms with Crippen LogP contribution < -0.4 is 11.3 Å². The summed E-state index contributed by atoms with van der Waals surface area (Å²) in [5, 5.41) is 4.37. The summed E-state index contributed by atoms with van der Waals surface area (Å²) in [4.78, 5) is 0. The molecule has 17 heavy (non-hydrogen) atoms. The predicted molar refractivity (Wildman–Crippen MR) is 66.2 cm³/mol. The second-order valence-electron chi connectivity index (χ2n) is 4.84. The molecule has 0 spiro atoms. The molecule has 2 heterocycles. The SMILES string of the molecule is Cc1cc(C(CC2CCOCC2)NN)n(C)n1. The lowest BCUT2D eigenvalue weighted by Crippen LogP contribution is -2.32. The van der Waals surface area contributed by atoms with Crippen molar-refractivity contribution in [1.82, 2.24) is 15.2 Å². The van der Waals surface area contributed by atoms with Crippen LogP contribution in [0, 0.1) is 12.8 Å². The molecular formula is C12H22N4O. The van der Waals surface area contributed by atoms with Gasteiger partial charge in [-0.05, 0) is 38.2 Å². The lowest BCUT2D eigenvalue weighted by atomic mass is 9.91. The van der Waals surface area contributed by atoms with Crippen LogP contribution in [0.3, 0.4) is 0 Å². The quantitative estimate of drug-likeness (QED) is 0.608. The second kappa shape index (κ2) is 5.62. The molecule has 0 aliphatic carbocycles. The molecule has 0 saturated carbocycles. The Morgan fingerprint density at radius 2 is 2.29 bits per heavy atom. The molecule has 1 aromatic heterocycles. The first-order valence-electron chi connectivity index (χ1n) is 6.25. The third-order valence-corrected chi connectivity index (χ3v) is 3.51. The van der Waals surface area contributed by atoms with Crippen LogP contribution in [0.4, 0.5) is 0 Å². The van der Waals surface area contributed by atoms with Crippen LogP contribution in [-0.4, -0.2) is 23.0 Å². The summed E-state index contributed by atoms with van der Waals surface area (Å²) in [6, 6.07) is 2.29. The lowest BCUT2D eigenvalue weighted by molar-refractivity contribution is 0.0602. The highest BCUT2D eigenvalue weighted by molar-refractivity contribution is 5.13. The van der Waals surface area contributed by atoms with Crippen LogP contribution >= 0.6 is 0 Å². The van der Waals surface area contributed by atoms with Crippen LogP contribution in [0.25, 0.3) is 0 Å². The van der Waals surface area contributed by atoms with E-state index < -0.39 is 0 Å². The van der Waals surface area contributed by atoms with Gasteiger partial charge in [0.25, 0.3) is 0 Å². The predicted octanol–water partition coefficient (Wildman–Crippen LogP) is 1.05. The monoisotopic (exact) mass is 238 g/mol. The topological polar surface area (TPSA) is 65.1 Å². The smallest absolute Gasteiger partial charge is 0.0631 e. The van der Waals surface area contributed by atoms with Crippen LogP contribution in [0.5, 0.6) is 0 Å². The molecule has 1 aliphatic rings. The van der Waals surface area contributed by atoms with Crippen LogP contribution in [0.1, 0.15) is 36.7 Å². The molecule has 1 unspecified atom stereocenters. The van der Waals surface area contributed by atoms with Gasteiger partial charge in [-0.1, -0.05) is 0 Å². The minimum atomic E-state index is 0.185. The number of aryl methyl sites for hydroxylation is 2. The highest BCUT2D eigenvalue weighted by atomic mass is 16.5. The van der Waals surface area contributed by atoms with Crippen molar-refractivity contribution in [3.05, 3.63) is 17.5 Å². The van der Waals surface area contributed by atoms with E-state index in [-0.39, 0.29) is 6.04 Å². The Balaban J connectivity index is 2.02. The number of nitrogens with zero attached hydrogens (tertiary/aromatic N) is 2. The number of nitrogens with one attached hydrogen (secondary N) is 1. The zero-order valence-corrected chi connectivity index (χ0v) is 10.6. The maximum absolute atomic E-state index is 5.68. The van der Waals surface area contributed by atoms with Gasteiger partial charge < -0.3 is 4.74 Å². The first kappa shape index (κ1) is 12.5. The summed E-state index contributed by atoms with van der Waals surface area (Å²) in [6.07, 6.45) is 3.32. The Morgan fingerprint density at radius 3 is 2.82 bits per heavy atom. The van der Waals surface area contributed by atoms with Crippen LogP contribution in [0.15, 0.2) is 6.07 Å². The Hall–Kier alpha value is -0.910. The van der Waals surface area contributed by atoms with Gasteiger partial charge in [0.15, 0.2) is 0 Å². The number of aromatic nitrogens is 2. The van der Waals surface area contributed by atoms with Gasteiger partial charge >= 0.3 is 0 Å². The average Bonchev–Trinajstić information content (AvgIpc) is 2.67. The molecule has 3 N–H and O–H groups in total. The van der Waals surface area contributed by atoms with E-state index in [2.05, 4.69) is 16.6 Å². The zero-order valence-electron chi connectivity index (χ0n) is 10.6. The van der Waals surface area contributed by atoms with Gasteiger partial charge in [-0.3, -0.25) is 16.0 Å². The van der Waals surface area contributed by atoms with Crippen molar-refractivity contribution in [2.45, 2.75) is 32.2 Å². The largest absolute Gasteiger partial charge is 0.381 e. The number of ether oxygens (including phenoxy) is 1. The van der Waals surface area contributed by atoms with E-state index in [9.17, 15) is 0 Å². The molecule has 1 aromatic rings. The van der Waals surface area contributed by atoms with Crippen molar-refractivity contribution in [1.29, 1.82) is 0 Å². The van der Waals surface area contributed by atoms with Gasteiger partial charge in [0, 0.05) is 20.3 Å². The van der Waals surface area contributed by atoms with Gasteiger partial charge in [0.2, 0.25) is 0 Å². The molecule has 0 bridgehead atoms. The normalized spacial score (nSPS) is 19.5. The number of hydrogen-bond acceptors (Lipinski definition) is 4. The van der Waals surface area contributed by atoms with Crippen molar-refractivity contribution in [3.63, 3.8) is 0 Å². The molecule has 1 saturated heterocycles. The Labute approximate surface area is 102 Å². The van der Waals surface area contributed by atoms with E-state index in [0.717, 1.165) is 43.9 Å². The van der Waals surface area contributed by atoms with Crippen molar-refractivity contribution in [3.8, 4) is 0 Å². The molecule has 0 amide bonds. The molecule has 0 aromatic carbocycles. The number of nitrogens with two attached hydrogens (primary N) is 1. The summed E-state index contributed by atoms with van der Waals surface area (Å²) >= 11 is 0. The Bertz CT molecular complexity index is 357. The molecule has 5 nitrogen and oxygen atoms in total. The highest BCUT2D eigenvalue weighted by Gasteiger charge is 2.21. The van der Waals surface area contributed by atoms with E-state index in [4.69, 9.17) is 10.6 Å². The van der Waals surface area contributed by atoms with Gasteiger partial charge in [-0.2, -0.15) is 5.10 Å². The number of hydrogen-bond donors (Lipinski definition) is 2. The molecule has 0 radical (unpaired) electrons. The van der Waals surface area contributed by atoms with Gasteiger partial charge in [0.05, 0.1) is 17.4 Å². The summed E-state index contributed by atoms with van der Waals surface area (Å²) in [5.41, 5.74) is 5.12. The molecule has 1 aliphatic heterocycles. The number of rotatable bonds is 4. The minimum Gasteiger partial charge on any atom is -0.381 e. The maximum atomic E-state index is 5.68. The molecule has 1 atom stereocenters. The first-order valence-corrected chi connectivity index (χ1v) is 6.25. The fraction of sp³-hybridized carbons (Fsp3) is 0.750.